The van der Waals surface area contributed by atoms with Crippen LogP contribution in [-0.2, 0) is 0 Å². The van der Waals surface area contributed by atoms with Gasteiger partial charge in [-0.05, 0) is 18.8 Å². The third-order valence-corrected chi connectivity index (χ3v) is 1.20. The van der Waals surface area contributed by atoms with Crippen LogP contribution in [0.1, 0.15) is 26.7 Å². The van der Waals surface area contributed by atoms with Gasteiger partial charge in [-0.1, -0.05) is 19.9 Å². The van der Waals surface area contributed by atoms with Crippen LogP contribution in [0.25, 0.3) is 0 Å². The summed E-state index contributed by atoms with van der Waals surface area (Å²) in [5.41, 5.74) is 0. The molecule has 0 atom stereocenters. The predicted molar refractivity (Wildman–Crippen MR) is 34.0 cm³/mol. The van der Waals surface area contributed by atoms with E-state index in [1.165, 1.54) is 5.92 Å². The molecule has 0 aliphatic rings. The van der Waals surface area contributed by atoms with Crippen LogP contribution in [0.15, 0.2) is 12.7 Å². The molecule has 0 aliphatic heterocycles. The van der Waals surface area contributed by atoms with Gasteiger partial charge < -0.3 is 0 Å². The second-order valence-corrected chi connectivity index (χ2v) is 1.57. The van der Waals surface area contributed by atoms with E-state index in [9.17, 15) is 0 Å². The summed E-state index contributed by atoms with van der Waals surface area (Å²) in [6, 6.07) is 0. The molecular weight excluding hydrogens is 123 g/mol. The van der Waals surface area contributed by atoms with Crippen molar-refractivity contribution in [2.45, 2.75) is 26.7 Å². The maximum Gasteiger partial charge on any atom is 1.00 e. The van der Waals surface area contributed by atoms with Crippen LogP contribution in [0.5, 0.6) is 0 Å². The first-order valence-corrected chi connectivity index (χ1v) is 2.82. The summed E-state index contributed by atoms with van der Waals surface area (Å²) in [5, 5.41) is 0. The summed E-state index contributed by atoms with van der Waals surface area (Å²) in [4.78, 5) is 0. The van der Waals surface area contributed by atoms with E-state index in [4.69, 9.17) is 0 Å². The summed E-state index contributed by atoms with van der Waals surface area (Å²) >= 11 is 0. The molecule has 0 aliphatic carbocycles. The van der Waals surface area contributed by atoms with E-state index >= 15 is 0 Å². The van der Waals surface area contributed by atoms with Crippen molar-refractivity contribution in [2.24, 2.45) is 0 Å². The Morgan fingerprint density at radius 2 is 1.75 bits per heavy atom. The zero-order valence-corrected chi connectivity index (χ0v) is 9.32. The number of rotatable bonds is 3. The van der Waals surface area contributed by atoms with E-state index in [1.807, 2.05) is 6.08 Å². The molecule has 8 heavy (non-hydrogen) atoms. The van der Waals surface area contributed by atoms with Crippen molar-refractivity contribution in [3.8, 4) is 0 Å². The molecular formula is C7H13K+. The second kappa shape index (κ2) is 8.38. The average molecular weight is 136 g/mol. The minimum absolute atomic E-state index is 0. The summed E-state index contributed by atoms with van der Waals surface area (Å²) in [6.07, 6.45) is 4.25. The molecule has 0 amide bonds. The smallest absolute Gasteiger partial charge is 0.102 e. The van der Waals surface area contributed by atoms with Crippen LogP contribution in [0.3, 0.4) is 0 Å². The fourth-order valence-corrected chi connectivity index (χ4v) is 0.539. The van der Waals surface area contributed by atoms with Gasteiger partial charge in [0.15, 0.2) is 0 Å². The van der Waals surface area contributed by atoms with Gasteiger partial charge in [-0.15, -0.1) is 6.58 Å². The Bertz CT molecular complexity index is 46.3. The summed E-state index contributed by atoms with van der Waals surface area (Å²) in [7, 11) is 0. The van der Waals surface area contributed by atoms with Gasteiger partial charge in [0.1, 0.15) is 0 Å². The fraction of sp³-hybridized carbons (Fsp3) is 0.571. The van der Waals surface area contributed by atoms with Crippen molar-refractivity contribution < 1.29 is 51.4 Å². The molecule has 0 rings (SSSR count). The van der Waals surface area contributed by atoms with Crippen molar-refractivity contribution >= 4 is 0 Å². The van der Waals surface area contributed by atoms with Gasteiger partial charge in [0.2, 0.25) is 0 Å². The van der Waals surface area contributed by atoms with Crippen LogP contribution in [0.2, 0.25) is 0 Å². The van der Waals surface area contributed by atoms with Crippen molar-refractivity contribution in [3.05, 3.63) is 18.6 Å². The SMILES string of the molecule is C=C[C](CC)CC.[K+]. The normalized spacial score (nSPS) is 8.38. The van der Waals surface area contributed by atoms with E-state index in [0.29, 0.717) is 0 Å². The molecule has 0 fully saturated rings. The molecule has 0 aromatic heterocycles. The quantitative estimate of drug-likeness (QED) is 0.462. The fourth-order valence-electron chi connectivity index (χ4n) is 0.539. The van der Waals surface area contributed by atoms with Crippen LogP contribution in [0, 0.1) is 5.92 Å². The van der Waals surface area contributed by atoms with Crippen molar-refractivity contribution in [2.75, 3.05) is 0 Å². The minimum Gasteiger partial charge on any atom is -0.102 e. The maximum atomic E-state index is 3.67. The monoisotopic (exact) mass is 136 g/mol. The molecule has 1 heteroatoms. The molecule has 0 spiro atoms. The molecule has 0 aromatic carbocycles. The zero-order chi connectivity index (χ0) is 5.70. The van der Waals surface area contributed by atoms with E-state index in [1.54, 1.807) is 0 Å². The molecule has 0 heterocycles. The van der Waals surface area contributed by atoms with Crippen LogP contribution < -0.4 is 51.4 Å². The Hall–Kier alpha value is 1.38. The van der Waals surface area contributed by atoms with Gasteiger partial charge >= 0.3 is 51.4 Å². The molecule has 0 saturated heterocycles. The first-order valence-electron chi connectivity index (χ1n) is 2.82. The van der Waals surface area contributed by atoms with Gasteiger partial charge in [0, 0.05) is 0 Å². The second-order valence-electron chi connectivity index (χ2n) is 1.57. The van der Waals surface area contributed by atoms with E-state index < -0.39 is 0 Å². The number of allylic oxidation sites excluding steroid dienone is 1. The van der Waals surface area contributed by atoms with E-state index in [-0.39, 0.29) is 51.4 Å². The molecule has 0 bridgehead atoms. The first kappa shape index (κ1) is 12.1. The van der Waals surface area contributed by atoms with Crippen molar-refractivity contribution in [1.29, 1.82) is 0 Å². The predicted octanol–water partition coefficient (Wildman–Crippen LogP) is -0.429. The molecule has 0 aromatic rings. The van der Waals surface area contributed by atoms with E-state index in [0.717, 1.165) is 12.8 Å². The Balaban J connectivity index is 0. The van der Waals surface area contributed by atoms with Gasteiger partial charge in [0.25, 0.3) is 0 Å². The van der Waals surface area contributed by atoms with Crippen LogP contribution in [0.4, 0.5) is 0 Å². The van der Waals surface area contributed by atoms with Gasteiger partial charge in [-0.2, -0.15) is 0 Å². The molecule has 1 radical (unpaired) electrons. The van der Waals surface area contributed by atoms with Crippen molar-refractivity contribution in [1.82, 2.24) is 0 Å². The summed E-state index contributed by atoms with van der Waals surface area (Å²) in [6.45, 7) is 7.97. The standard InChI is InChI=1S/C7H13.K/c1-4-7(5-2)6-3;/h4H,1,5-6H2,2-3H3;/q;+1. The Morgan fingerprint density at radius 1 is 1.38 bits per heavy atom. The summed E-state index contributed by atoms with van der Waals surface area (Å²) in [5.74, 6) is 1.44. The molecule has 0 saturated carbocycles. The summed E-state index contributed by atoms with van der Waals surface area (Å²) < 4.78 is 0. The van der Waals surface area contributed by atoms with Crippen LogP contribution >= 0.6 is 0 Å². The topological polar surface area (TPSA) is 0 Å². The Kier molecular flexibility index (Phi) is 12.7. The van der Waals surface area contributed by atoms with Crippen molar-refractivity contribution in [3.63, 3.8) is 0 Å². The van der Waals surface area contributed by atoms with Gasteiger partial charge in [0.05, 0.1) is 0 Å². The Labute approximate surface area is 95.2 Å². The van der Waals surface area contributed by atoms with Gasteiger partial charge in [-0.3, -0.25) is 0 Å². The molecule has 0 N–H and O–H groups in total. The largest absolute Gasteiger partial charge is 1.00 e. The minimum atomic E-state index is 0. The number of hydrogen-bond donors (Lipinski definition) is 0. The Morgan fingerprint density at radius 3 is 1.75 bits per heavy atom. The average Bonchev–Trinajstić information content (AvgIpc) is 1.72. The third kappa shape index (κ3) is 5.51. The molecule has 41 valence electrons. The zero-order valence-electron chi connectivity index (χ0n) is 6.20. The number of hydrogen-bond acceptors (Lipinski definition) is 0. The molecule has 0 unspecified atom stereocenters. The maximum absolute atomic E-state index is 3.67. The first-order chi connectivity index (χ1) is 3.35. The van der Waals surface area contributed by atoms with Gasteiger partial charge in [-0.25, -0.2) is 0 Å². The van der Waals surface area contributed by atoms with E-state index in [2.05, 4.69) is 20.4 Å². The third-order valence-electron chi connectivity index (χ3n) is 1.20. The molecule has 0 nitrogen and oxygen atoms in total. The van der Waals surface area contributed by atoms with Crippen LogP contribution in [-0.4, -0.2) is 0 Å².